The van der Waals surface area contributed by atoms with Gasteiger partial charge in [-0.25, -0.2) is 37.4 Å². The Bertz CT molecular complexity index is 5430. The summed E-state index contributed by atoms with van der Waals surface area (Å²) in [5.74, 6) is -3.64. The third kappa shape index (κ3) is 11.8. The molecule has 12 aromatic rings. The number of pyridine rings is 1. The molecule has 0 bridgehead atoms. The maximum absolute atomic E-state index is 13.7. The predicted molar refractivity (Wildman–Crippen MR) is 379 cm³/mol. The van der Waals surface area contributed by atoms with Gasteiger partial charge in [-0.2, -0.15) is 0 Å². The molecule has 8 aromatic carbocycles. The lowest BCUT2D eigenvalue weighted by atomic mass is 9.93. The van der Waals surface area contributed by atoms with Crippen LogP contribution in [0.3, 0.4) is 0 Å². The molecule has 4 aromatic heterocycles. The second-order valence-electron chi connectivity index (χ2n) is 25.0. The van der Waals surface area contributed by atoms with E-state index in [9.17, 15) is 42.9 Å². The zero-order valence-electron chi connectivity index (χ0n) is 54.2. The summed E-state index contributed by atoms with van der Waals surface area (Å²) >= 11 is 6.33. The minimum Gasteiger partial charge on any atom is -0.481 e. The van der Waals surface area contributed by atoms with Crippen molar-refractivity contribution in [1.29, 1.82) is 0 Å². The lowest BCUT2D eigenvalue weighted by Gasteiger charge is -2.17. The van der Waals surface area contributed by atoms with E-state index in [1.165, 1.54) is 67.8 Å². The number of aromatic carboxylic acids is 3. The quantitative estimate of drug-likeness (QED) is 0.0950. The van der Waals surface area contributed by atoms with Crippen molar-refractivity contribution in [3.8, 4) is 56.3 Å². The maximum Gasteiger partial charge on any atom is 0.354 e. The zero-order chi connectivity index (χ0) is 69.1. The summed E-state index contributed by atoms with van der Waals surface area (Å²) in [4.78, 5) is 55.8. The minimum atomic E-state index is -1.12. The standard InChI is InChI=1S/C27H20FN3O2.C26H20ClFN2O2.C26H22FN3O3/c1-15(2)26-25(21-9-4-16(27(32)33)11-23(21)29-3)22-10-17-13-30-14-18(17)12-24(22)31(26)20-7-5-19(28)6-8-20;1-14(2)25-24(15-7-16(26(31)32)9-19(27)8-15)22-10-17-12-29-13-18(17)11-23(22)30(25)21-5-3-20(28)4-6-21;1-14(2)24-23(19-8-9-21(26(31)32)29-25(19)33-3)20-10-15-12-28-13-16(15)11-22(20)30(24)18-6-4-17(27)5-7-18/h4-12,14-15H,13H2,1-2H3,(H,32,33);3-11,13-14H,12H2,1-2H3,(H,31,32);4-11,13-14H,12H2,1-3H3,(H,31,32). The summed E-state index contributed by atoms with van der Waals surface area (Å²) in [6, 6.07) is 44.7. The average molecular weight is 1330 g/mol. The Morgan fingerprint density at radius 1 is 0.490 bits per heavy atom. The first kappa shape index (κ1) is 65.0. The average Bonchev–Trinajstić information content (AvgIpc) is 1.59. The lowest BCUT2D eigenvalue weighted by molar-refractivity contribution is 0.0681. The fraction of sp³-hybridized carbons (Fsp3) is 0.165. The highest BCUT2D eigenvalue weighted by Gasteiger charge is 2.30. The van der Waals surface area contributed by atoms with Gasteiger partial charge in [0.2, 0.25) is 5.88 Å². The van der Waals surface area contributed by atoms with Crippen molar-refractivity contribution in [3.63, 3.8) is 0 Å². The molecule has 7 heterocycles. The van der Waals surface area contributed by atoms with E-state index >= 15 is 0 Å². The van der Waals surface area contributed by atoms with Gasteiger partial charge < -0.3 is 33.8 Å². The molecule has 98 heavy (non-hydrogen) atoms. The molecule has 15 rings (SSSR count). The van der Waals surface area contributed by atoms with Crippen LogP contribution in [0, 0.1) is 24.0 Å². The number of carboxylic acids is 3. The normalized spacial score (nSPS) is 12.5. The number of hydrogen-bond acceptors (Lipinski definition) is 8. The first-order chi connectivity index (χ1) is 47.1. The van der Waals surface area contributed by atoms with Crippen molar-refractivity contribution >= 4 is 86.5 Å². The van der Waals surface area contributed by atoms with E-state index in [1.807, 2.05) is 18.6 Å². The Morgan fingerprint density at radius 2 is 0.888 bits per heavy atom. The fourth-order valence-electron chi connectivity index (χ4n) is 13.6. The number of aromatic nitrogens is 4. The Kier molecular flexibility index (Phi) is 17.3. The summed E-state index contributed by atoms with van der Waals surface area (Å²) in [5.41, 5.74) is 20.1. The van der Waals surface area contributed by atoms with Gasteiger partial charge in [-0.1, -0.05) is 59.2 Å². The third-order valence-electron chi connectivity index (χ3n) is 17.8. The lowest BCUT2D eigenvalue weighted by Crippen LogP contribution is -2.05. The van der Waals surface area contributed by atoms with Crippen LogP contribution in [0.5, 0.6) is 5.88 Å². The molecule has 0 amide bonds. The molecule has 488 valence electrons. The summed E-state index contributed by atoms with van der Waals surface area (Å²) in [5, 5.41) is 31.7. The summed E-state index contributed by atoms with van der Waals surface area (Å²) in [6.07, 6.45) is 5.60. The van der Waals surface area contributed by atoms with E-state index < -0.39 is 17.9 Å². The van der Waals surface area contributed by atoms with Crippen LogP contribution in [0.2, 0.25) is 5.02 Å². The van der Waals surface area contributed by atoms with Gasteiger partial charge in [-0.15, -0.1) is 0 Å². The number of benzene rings is 8. The van der Waals surface area contributed by atoms with Crippen LogP contribution in [0.25, 0.3) is 88.0 Å². The van der Waals surface area contributed by atoms with Gasteiger partial charge in [-0.05, 0) is 214 Å². The van der Waals surface area contributed by atoms with Gasteiger partial charge in [0, 0.05) is 102 Å². The second kappa shape index (κ2) is 26.1. The number of fused-ring (bicyclic) bond motifs is 6. The van der Waals surface area contributed by atoms with Crippen LogP contribution in [0.15, 0.2) is 173 Å². The van der Waals surface area contributed by atoms with Gasteiger partial charge >= 0.3 is 17.9 Å². The molecule has 15 nitrogen and oxygen atoms in total. The number of carbonyl (C=O) groups is 3. The maximum atomic E-state index is 13.7. The summed E-state index contributed by atoms with van der Waals surface area (Å²) < 4.78 is 53.0. The number of nitrogens with zero attached hydrogens (tertiary/aromatic N) is 8. The smallest absolute Gasteiger partial charge is 0.354 e. The van der Waals surface area contributed by atoms with Crippen molar-refractivity contribution in [2.45, 2.75) is 78.9 Å². The summed E-state index contributed by atoms with van der Waals surface area (Å²) in [7, 11) is 1.48. The molecule has 0 saturated carbocycles. The first-order valence-corrected chi connectivity index (χ1v) is 32.0. The van der Waals surface area contributed by atoms with E-state index in [4.69, 9.17) is 22.9 Å². The van der Waals surface area contributed by atoms with Crippen LogP contribution in [-0.2, 0) is 19.6 Å². The zero-order valence-corrected chi connectivity index (χ0v) is 54.9. The van der Waals surface area contributed by atoms with Gasteiger partial charge in [-0.3, -0.25) is 15.0 Å². The van der Waals surface area contributed by atoms with Crippen molar-refractivity contribution < 1.29 is 47.6 Å². The number of aliphatic imine (C=N–C) groups is 3. The van der Waals surface area contributed by atoms with Crippen molar-refractivity contribution in [1.82, 2.24) is 18.7 Å². The van der Waals surface area contributed by atoms with Crippen LogP contribution in [0.1, 0.15) is 141 Å². The molecular formula is C79H62ClF3N8O7. The number of ether oxygens (including phenoxy) is 1. The van der Waals surface area contributed by atoms with Gasteiger partial charge in [0.25, 0.3) is 0 Å². The molecule has 0 saturated heterocycles. The highest BCUT2D eigenvalue weighted by molar-refractivity contribution is 6.31. The van der Waals surface area contributed by atoms with Crippen molar-refractivity contribution in [3.05, 3.63) is 259 Å². The number of hydrogen-bond donors (Lipinski definition) is 3. The minimum absolute atomic E-state index is 0.0682. The van der Waals surface area contributed by atoms with E-state index in [0.29, 0.717) is 35.8 Å². The molecule has 3 aliphatic heterocycles. The van der Waals surface area contributed by atoms with Crippen LogP contribution in [-0.4, -0.2) is 77.7 Å². The molecule has 19 heteroatoms. The topological polar surface area (TPSA) is 190 Å². The molecular weight excluding hydrogens is 1270 g/mol. The van der Waals surface area contributed by atoms with Crippen LogP contribution < -0.4 is 4.74 Å². The van der Waals surface area contributed by atoms with E-state index in [1.54, 1.807) is 60.7 Å². The molecule has 0 aliphatic carbocycles. The molecule has 0 spiro atoms. The Morgan fingerprint density at radius 3 is 1.28 bits per heavy atom. The van der Waals surface area contributed by atoms with Crippen LogP contribution >= 0.6 is 11.6 Å². The Balaban J connectivity index is 0.000000132. The molecule has 0 unspecified atom stereocenters. The van der Waals surface area contributed by atoms with Gasteiger partial charge in [0.05, 0.1) is 55.4 Å². The largest absolute Gasteiger partial charge is 0.481 e. The highest BCUT2D eigenvalue weighted by Crippen LogP contribution is 2.48. The third-order valence-corrected chi connectivity index (χ3v) is 18.0. The van der Waals surface area contributed by atoms with Crippen molar-refractivity contribution in [2.24, 2.45) is 15.0 Å². The van der Waals surface area contributed by atoms with E-state index in [2.05, 4.69) is 116 Å². The molecule has 0 atom stereocenters. The van der Waals surface area contributed by atoms with Gasteiger partial charge in [0.1, 0.15) is 17.5 Å². The predicted octanol–water partition coefficient (Wildman–Crippen LogP) is 19.2. The van der Waals surface area contributed by atoms with E-state index in [0.717, 1.165) is 122 Å². The SMILES string of the molecule is CC(C)c1c(-c2cc(Cl)cc(C(=O)O)c2)c2cc3c(cc2n1-c1ccc(F)cc1)C=NC3.COc1nc(C(=O)O)ccc1-c1c(C(C)C)n(-c2ccc(F)cc2)c2cc3c(cc12)CN=C3.[C-]#[N+]c1cc(C(=O)O)ccc1-c1c(C(C)C)n(-c2ccc(F)cc2)c2cc3c(cc12)CN=C3. The second-order valence-corrected chi connectivity index (χ2v) is 25.5. The molecule has 0 fully saturated rings. The number of halogens is 4. The Labute approximate surface area is 566 Å². The number of rotatable bonds is 13. The first-order valence-electron chi connectivity index (χ1n) is 31.6. The van der Waals surface area contributed by atoms with Gasteiger partial charge in [0.15, 0.2) is 11.4 Å². The van der Waals surface area contributed by atoms with E-state index in [-0.39, 0.29) is 63.6 Å². The summed E-state index contributed by atoms with van der Waals surface area (Å²) in [6.45, 7) is 22.1. The number of carboxylic acid groups (broad SMARTS) is 3. The fourth-order valence-corrected chi connectivity index (χ4v) is 13.8. The monoisotopic (exact) mass is 1330 g/mol. The molecule has 3 aliphatic rings. The number of methoxy groups -OCH3 is 1. The Hall–Kier alpha value is -11.7. The molecule has 0 radical (unpaired) electrons. The highest BCUT2D eigenvalue weighted by atomic mass is 35.5. The van der Waals surface area contributed by atoms with Crippen LogP contribution in [0.4, 0.5) is 18.9 Å². The van der Waals surface area contributed by atoms with Crippen molar-refractivity contribution in [2.75, 3.05) is 7.11 Å². The molecule has 3 N–H and O–H groups in total.